The molecule has 1 heterocycles. The Balaban J connectivity index is 1.87. The van der Waals surface area contributed by atoms with Crippen LogP contribution in [0.5, 0.6) is 5.75 Å². The second-order valence-electron chi connectivity index (χ2n) is 5.62. The van der Waals surface area contributed by atoms with Crippen LogP contribution in [0.2, 0.25) is 0 Å². The average Bonchev–Trinajstić information content (AvgIpc) is 2.66. The molecule has 1 aromatic rings. The van der Waals surface area contributed by atoms with Gasteiger partial charge in [0, 0.05) is 13.1 Å². The van der Waals surface area contributed by atoms with E-state index in [1.165, 1.54) is 43.2 Å². The quantitative estimate of drug-likeness (QED) is 0.644. The number of nitrogens with zero attached hydrogens (tertiary/aromatic N) is 1. The fraction of sp³-hybridized carbons (Fsp3) is 0.500. The molecule has 1 fully saturated rings. The molecule has 0 saturated carbocycles. The van der Waals surface area contributed by atoms with Gasteiger partial charge in [-0.15, -0.1) is 0 Å². The molecule has 1 saturated heterocycles. The molecule has 1 N–H and O–H groups in total. The molecule has 1 aliphatic rings. The molecule has 1 aliphatic heterocycles. The summed E-state index contributed by atoms with van der Waals surface area (Å²) in [5, 5.41) is 0. The number of sulfonamides is 1. The monoisotopic (exact) mass is 386 g/mol. The predicted octanol–water partition coefficient (Wildman–Crippen LogP) is -0.236. The summed E-state index contributed by atoms with van der Waals surface area (Å²) < 4.78 is 41.8. The van der Waals surface area contributed by atoms with Crippen LogP contribution in [-0.2, 0) is 29.1 Å². The molecular weight excluding hydrogens is 364 g/mol. The van der Waals surface area contributed by atoms with Gasteiger partial charge < -0.3 is 19.1 Å². The van der Waals surface area contributed by atoms with E-state index < -0.39 is 28.6 Å². The third kappa shape index (κ3) is 5.41. The van der Waals surface area contributed by atoms with E-state index >= 15 is 0 Å². The maximum atomic E-state index is 12.3. The van der Waals surface area contributed by atoms with E-state index in [2.05, 4.69) is 4.72 Å². The van der Waals surface area contributed by atoms with Gasteiger partial charge in [0.15, 0.2) is 6.61 Å². The summed E-state index contributed by atoms with van der Waals surface area (Å²) in [5.74, 6) is -0.659. The number of amides is 1. The fourth-order valence-corrected chi connectivity index (χ4v) is 3.46. The minimum absolute atomic E-state index is 0.0117. The second kappa shape index (κ2) is 8.97. The van der Waals surface area contributed by atoms with Crippen molar-refractivity contribution in [2.75, 3.05) is 40.0 Å². The van der Waals surface area contributed by atoms with Gasteiger partial charge >= 0.3 is 5.97 Å². The number of rotatable bonds is 7. The molecule has 1 aromatic carbocycles. The van der Waals surface area contributed by atoms with Crippen molar-refractivity contribution in [1.82, 2.24) is 9.62 Å². The van der Waals surface area contributed by atoms with Crippen LogP contribution in [-0.4, -0.2) is 71.3 Å². The zero-order chi connectivity index (χ0) is 19.2. The number of nitrogens with one attached hydrogen (secondary N) is 1. The molecule has 0 aromatic heterocycles. The normalized spacial score (nSPS) is 16.0. The van der Waals surface area contributed by atoms with Crippen molar-refractivity contribution >= 4 is 21.9 Å². The van der Waals surface area contributed by atoms with Gasteiger partial charge in [-0.05, 0) is 31.2 Å². The van der Waals surface area contributed by atoms with Crippen molar-refractivity contribution in [1.29, 1.82) is 0 Å². The molecule has 0 radical (unpaired) electrons. The zero-order valence-corrected chi connectivity index (χ0v) is 15.5. The van der Waals surface area contributed by atoms with E-state index in [9.17, 15) is 18.0 Å². The molecule has 1 atom stereocenters. The Kier molecular flexibility index (Phi) is 6.95. The van der Waals surface area contributed by atoms with Crippen LogP contribution in [0.15, 0.2) is 29.2 Å². The summed E-state index contributed by atoms with van der Waals surface area (Å²) in [5.41, 5.74) is 0. The highest BCUT2D eigenvalue weighted by atomic mass is 32.2. The van der Waals surface area contributed by atoms with Gasteiger partial charge in [-0.2, -0.15) is 4.72 Å². The highest BCUT2D eigenvalue weighted by Crippen LogP contribution is 2.15. The Morgan fingerprint density at radius 1 is 1.23 bits per heavy atom. The summed E-state index contributed by atoms with van der Waals surface area (Å²) in [6.07, 6.45) is 0. The number of esters is 1. The van der Waals surface area contributed by atoms with Crippen molar-refractivity contribution in [3.63, 3.8) is 0 Å². The van der Waals surface area contributed by atoms with Crippen molar-refractivity contribution in [2.24, 2.45) is 0 Å². The van der Waals surface area contributed by atoms with Crippen molar-refractivity contribution in [3.8, 4) is 5.75 Å². The standard InChI is InChI=1S/C16H22N2O7S/c1-12(16(20)25-11-15(19)18-7-9-24-10-8-18)17-26(21,22)14-5-3-13(23-2)4-6-14/h3-6,12,17H,7-11H2,1-2H3/t12-/m0/s1. The van der Waals surface area contributed by atoms with Crippen molar-refractivity contribution < 1.29 is 32.2 Å². The molecule has 0 spiro atoms. The second-order valence-corrected chi connectivity index (χ2v) is 7.33. The average molecular weight is 386 g/mol. The lowest BCUT2D eigenvalue weighted by atomic mass is 10.3. The number of benzene rings is 1. The summed E-state index contributed by atoms with van der Waals surface area (Å²) >= 11 is 0. The Morgan fingerprint density at radius 3 is 2.42 bits per heavy atom. The largest absolute Gasteiger partial charge is 0.497 e. The molecule has 144 valence electrons. The molecule has 1 amide bonds. The highest BCUT2D eigenvalue weighted by Gasteiger charge is 2.25. The maximum absolute atomic E-state index is 12.3. The number of hydrogen-bond acceptors (Lipinski definition) is 7. The van der Waals surface area contributed by atoms with Crippen LogP contribution in [0.25, 0.3) is 0 Å². The van der Waals surface area contributed by atoms with E-state index in [0.29, 0.717) is 32.1 Å². The van der Waals surface area contributed by atoms with E-state index in [1.54, 1.807) is 0 Å². The minimum Gasteiger partial charge on any atom is -0.497 e. The molecule has 26 heavy (non-hydrogen) atoms. The van der Waals surface area contributed by atoms with Crippen LogP contribution in [0.4, 0.5) is 0 Å². The Morgan fingerprint density at radius 2 is 1.85 bits per heavy atom. The SMILES string of the molecule is COc1ccc(S(=O)(=O)N[C@@H](C)C(=O)OCC(=O)N2CCOCC2)cc1. The van der Waals surface area contributed by atoms with E-state index in [0.717, 1.165) is 0 Å². The smallest absolute Gasteiger partial charge is 0.324 e. The topological polar surface area (TPSA) is 111 Å². The summed E-state index contributed by atoms with van der Waals surface area (Å²) in [6.45, 7) is 2.68. The van der Waals surface area contributed by atoms with Crippen molar-refractivity contribution in [3.05, 3.63) is 24.3 Å². The Hall–Kier alpha value is -2.17. The van der Waals surface area contributed by atoms with Gasteiger partial charge in [0.25, 0.3) is 5.91 Å². The maximum Gasteiger partial charge on any atom is 0.324 e. The molecule has 0 bridgehead atoms. The van der Waals surface area contributed by atoms with Crippen LogP contribution in [0.1, 0.15) is 6.92 Å². The van der Waals surface area contributed by atoms with Crippen LogP contribution < -0.4 is 9.46 Å². The number of hydrogen-bond donors (Lipinski definition) is 1. The molecular formula is C16H22N2O7S. The Bertz CT molecular complexity index is 727. The highest BCUT2D eigenvalue weighted by molar-refractivity contribution is 7.89. The van der Waals surface area contributed by atoms with Gasteiger partial charge in [-0.1, -0.05) is 0 Å². The lowest BCUT2D eigenvalue weighted by molar-refractivity contribution is -0.154. The lowest BCUT2D eigenvalue weighted by Crippen LogP contribution is -2.44. The first-order valence-corrected chi connectivity index (χ1v) is 9.50. The first kappa shape index (κ1) is 20.1. The number of carbonyl (C=O) groups excluding carboxylic acids is 2. The molecule has 0 unspecified atom stereocenters. The van der Waals surface area contributed by atoms with Crippen LogP contribution >= 0.6 is 0 Å². The molecule has 9 nitrogen and oxygen atoms in total. The zero-order valence-electron chi connectivity index (χ0n) is 14.6. The van der Waals surface area contributed by atoms with Crippen LogP contribution in [0, 0.1) is 0 Å². The number of methoxy groups -OCH3 is 1. The third-order valence-electron chi connectivity index (χ3n) is 3.76. The number of carbonyl (C=O) groups is 2. The van der Waals surface area contributed by atoms with Gasteiger partial charge in [-0.25, -0.2) is 8.42 Å². The molecule has 10 heteroatoms. The Labute approximate surface area is 152 Å². The molecule has 0 aliphatic carbocycles. The third-order valence-corrected chi connectivity index (χ3v) is 5.31. The van der Waals surface area contributed by atoms with Crippen LogP contribution in [0.3, 0.4) is 0 Å². The predicted molar refractivity (Wildman–Crippen MR) is 91.1 cm³/mol. The van der Waals surface area contributed by atoms with E-state index in [1.807, 2.05) is 0 Å². The summed E-state index contributed by atoms with van der Waals surface area (Å²) in [4.78, 5) is 25.4. The lowest BCUT2D eigenvalue weighted by Gasteiger charge is -2.26. The fourth-order valence-electron chi connectivity index (χ4n) is 2.27. The molecule has 2 rings (SSSR count). The minimum atomic E-state index is -3.91. The van der Waals surface area contributed by atoms with Gasteiger partial charge in [0.2, 0.25) is 10.0 Å². The van der Waals surface area contributed by atoms with E-state index in [-0.39, 0.29) is 10.8 Å². The van der Waals surface area contributed by atoms with Gasteiger partial charge in [0.1, 0.15) is 11.8 Å². The van der Waals surface area contributed by atoms with Gasteiger partial charge in [0.05, 0.1) is 25.2 Å². The van der Waals surface area contributed by atoms with Crippen molar-refractivity contribution in [2.45, 2.75) is 17.9 Å². The van der Waals surface area contributed by atoms with Gasteiger partial charge in [-0.3, -0.25) is 9.59 Å². The summed E-state index contributed by atoms with van der Waals surface area (Å²) in [7, 11) is -2.44. The van der Waals surface area contributed by atoms with E-state index in [4.69, 9.17) is 14.2 Å². The summed E-state index contributed by atoms with van der Waals surface area (Å²) in [6, 6.07) is 4.58. The number of ether oxygens (including phenoxy) is 3. The first-order valence-electron chi connectivity index (χ1n) is 8.02. The number of morpholine rings is 1. The first-order chi connectivity index (χ1) is 12.3.